The lowest BCUT2D eigenvalue weighted by Crippen LogP contribution is -2.24. The average Bonchev–Trinajstić information content (AvgIpc) is 3.10. The van der Waals surface area contributed by atoms with Crippen molar-refractivity contribution in [2.24, 2.45) is 0 Å². The number of aromatic carboxylic acids is 1. The van der Waals surface area contributed by atoms with Crippen LogP contribution in [0, 0.1) is 31.3 Å². The molecule has 4 rings (SSSR count). The molecule has 176 valence electrons. The Morgan fingerprint density at radius 2 is 1.34 bits per heavy atom. The largest absolute Gasteiger partial charge is 0.545 e. The number of carboxylic acid groups (broad SMARTS) is 1. The van der Waals surface area contributed by atoms with E-state index in [1.807, 2.05) is 0 Å². The maximum Gasteiger partial charge on any atom is 0.263 e. The standard InChI is InChI=1S/C27H19F3N2O3/c1-15-16(2)32(26(33)18-5-9-20(29)10-6-18)25(31-15)14-23(17-3-7-19(28)8-4-17)24-13-21(30)11-12-22(24)27(34)35/h3-14H,1-2H3,(H,34,35)/p-1. The number of halogens is 3. The molecule has 35 heavy (non-hydrogen) atoms. The first-order valence-corrected chi connectivity index (χ1v) is 10.5. The van der Waals surface area contributed by atoms with Gasteiger partial charge in [-0.2, -0.15) is 0 Å². The summed E-state index contributed by atoms with van der Waals surface area (Å²) in [5.74, 6) is -3.62. The monoisotopic (exact) mass is 475 g/mol. The van der Waals surface area contributed by atoms with Crippen LogP contribution in [-0.4, -0.2) is 21.4 Å². The van der Waals surface area contributed by atoms with Gasteiger partial charge in [0.25, 0.3) is 5.91 Å². The first kappa shape index (κ1) is 23.7. The maximum atomic E-state index is 14.2. The van der Waals surface area contributed by atoms with Crippen LogP contribution in [0.2, 0.25) is 0 Å². The van der Waals surface area contributed by atoms with Crippen molar-refractivity contribution >= 4 is 23.5 Å². The van der Waals surface area contributed by atoms with Gasteiger partial charge in [-0.1, -0.05) is 12.1 Å². The second kappa shape index (κ2) is 9.42. The van der Waals surface area contributed by atoms with Gasteiger partial charge in [0, 0.05) is 16.8 Å². The summed E-state index contributed by atoms with van der Waals surface area (Å²) >= 11 is 0. The zero-order valence-corrected chi connectivity index (χ0v) is 18.7. The van der Waals surface area contributed by atoms with Gasteiger partial charge in [-0.3, -0.25) is 9.36 Å². The van der Waals surface area contributed by atoms with Crippen molar-refractivity contribution in [2.75, 3.05) is 0 Å². The molecular weight excluding hydrogens is 457 g/mol. The Morgan fingerprint density at radius 3 is 1.91 bits per heavy atom. The van der Waals surface area contributed by atoms with Gasteiger partial charge in [-0.25, -0.2) is 18.2 Å². The molecule has 1 heterocycles. The zero-order valence-electron chi connectivity index (χ0n) is 18.7. The molecule has 0 spiro atoms. The second-order valence-electron chi connectivity index (χ2n) is 7.83. The number of hydrogen-bond donors (Lipinski definition) is 0. The molecule has 0 amide bonds. The molecule has 3 aromatic carbocycles. The molecule has 0 saturated carbocycles. The number of aryl methyl sites for hydroxylation is 1. The summed E-state index contributed by atoms with van der Waals surface area (Å²) in [7, 11) is 0. The van der Waals surface area contributed by atoms with Crippen LogP contribution in [0.1, 0.15) is 49.1 Å². The summed E-state index contributed by atoms with van der Waals surface area (Å²) < 4.78 is 42.5. The molecule has 8 heteroatoms. The van der Waals surface area contributed by atoms with Crippen LogP contribution in [0.5, 0.6) is 0 Å². The lowest BCUT2D eigenvalue weighted by atomic mass is 9.93. The van der Waals surface area contributed by atoms with E-state index >= 15 is 0 Å². The summed E-state index contributed by atoms with van der Waals surface area (Å²) in [5, 5.41) is 11.8. The van der Waals surface area contributed by atoms with Gasteiger partial charge < -0.3 is 9.90 Å². The summed E-state index contributed by atoms with van der Waals surface area (Å²) in [5.41, 5.74) is 1.44. The molecule has 0 aliphatic heterocycles. The van der Waals surface area contributed by atoms with E-state index in [9.17, 15) is 27.9 Å². The first-order chi connectivity index (χ1) is 16.7. The molecule has 0 atom stereocenters. The van der Waals surface area contributed by atoms with Crippen LogP contribution in [0.3, 0.4) is 0 Å². The predicted octanol–water partition coefficient (Wildman–Crippen LogP) is 4.56. The molecule has 0 aliphatic carbocycles. The molecule has 0 radical (unpaired) electrons. The highest BCUT2D eigenvalue weighted by molar-refractivity contribution is 6.02. The van der Waals surface area contributed by atoms with E-state index in [2.05, 4.69) is 4.98 Å². The smallest absolute Gasteiger partial charge is 0.263 e. The van der Waals surface area contributed by atoms with Gasteiger partial charge in [0.15, 0.2) is 0 Å². The molecule has 0 N–H and O–H groups in total. The van der Waals surface area contributed by atoms with Gasteiger partial charge in [-0.15, -0.1) is 0 Å². The van der Waals surface area contributed by atoms with Crippen molar-refractivity contribution < 1.29 is 27.9 Å². The third-order valence-electron chi connectivity index (χ3n) is 5.58. The van der Waals surface area contributed by atoms with E-state index in [4.69, 9.17) is 0 Å². The number of hydrogen-bond acceptors (Lipinski definition) is 4. The van der Waals surface area contributed by atoms with Crippen molar-refractivity contribution in [2.45, 2.75) is 13.8 Å². The van der Waals surface area contributed by atoms with E-state index in [0.29, 0.717) is 17.0 Å². The number of carbonyl (C=O) groups excluding carboxylic acids is 2. The van der Waals surface area contributed by atoms with E-state index in [0.717, 1.165) is 30.3 Å². The number of carboxylic acids is 1. The normalized spacial score (nSPS) is 11.5. The fourth-order valence-corrected chi connectivity index (χ4v) is 3.70. The maximum absolute atomic E-state index is 14.2. The third-order valence-corrected chi connectivity index (χ3v) is 5.58. The highest BCUT2D eigenvalue weighted by Crippen LogP contribution is 2.30. The molecule has 0 bridgehead atoms. The molecule has 4 aromatic rings. The number of carbonyl (C=O) groups is 2. The number of imidazole rings is 1. The van der Waals surface area contributed by atoms with E-state index < -0.39 is 29.3 Å². The molecular formula is C27H18F3N2O3-. The molecule has 1 aromatic heterocycles. The van der Waals surface area contributed by atoms with Crippen LogP contribution in [-0.2, 0) is 0 Å². The molecule has 5 nitrogen and oxygen atoms in total. The lowest BCUT2D eigenvalue weighted by Gasteiger charge is -2.15. The summed E-state index contributed by atoms with van der Waals surface area (Å²) in [6.45, 7) is 3.36. The fraction of sp³-hybridized carbons (Fsp3) is 0.0741. The SMILES string of the molecule is Cc1nc(C=C(c2ccc(F)cc2)c2cc(F)ccc2C(=O)[O-])n(C(=O)c2ccc(F)cc2)c1C. The van der Waals surface area contributed by atoms with Gasteiger partial charge in [0.05, 0.1) is 11.7 Å². The van der Waals surface area contributed by atoms with Gasteiger partial charge in [-0.05, 0) is 91.2 Å². The minimum absolute atomic E-state index is 0.0318. The number of benzene rings is 3. The highest BCUT2D eigenvalue weighted by atomic mass is 19.1. The summed E-state index contributed by atoms with van der Waals surface area (Å²) in [6, 6.07) is 13.2. The Balaban J connectivity index is 1.98. The van der Waals surface area contributed by atoms with Gasteiger partial charge in [0.1, 0.15) is 23.3 Å². The topological polar surface area (TPSA) is 75.0 Å². The Kier molecular flexibility index (Phi) is 6.38. The number of nitrogens with zero attached hydrogens (tertiary/aromatic N) is 2. The van der Waals surface area contributed by atoms with Crippen molar-refractivity contribution in [1.29, 1.82) is 0 Å². The lowest BCUT2D eigenvalue weighted by molar-refractivity contribution is -0.255. The van der Waals surface area contributed by atoms with Crippen molar-refractivity contribution in [3.05, 3.63) is 124 Å². The van der Waals surface area contributed by atoms with Crippen LogP contribution < -0.4 is 5.11 Å². The Labute approximate surface area is 198 Å². The van der Waals surface area contributed by atoms with Crippen LogP contribution >= 0.6 is 0 Å². The zero-order chi connectivity index (χ0) is 25.3. The van der Waals surface area contributed by atoms with E-state index in [1.54, 1.807) is 13.8 Å². The average molecular weight is 475 g/mol. The van der Waals surface area contributed by atoms with E-state index in [1.165, 1.54) is 47.0 Å². The van der Waals surface area contributed by atoms with E-state index in [-0.39, 0.29) is 28.1 Å². The fourth-order valence-electron chi connectivity index (χ4n) is 3.70. The molecule has 0 saturated heterocycles. The van der Waals surface area contributed by atoms with Crippen molar-refractivity contribution in [1.82, 2.24) is 9.55 Å². The minimum Gasteiger partial charge on any atom is -0.545 e. The summed E-state index contributed by atoms with van der Waals surface area (Å²) in [6.07, 6.45) is 1.43. The van der Waals surface area contributed by atoms with Crippen molar-refractivity contribution in [3.8, 4) is 0 Å². The van der Waals surface area contributed by atoms with Gasteiger partial charge >= 0.3 is 0 Å². The molecule has 0 unspecified atom stereocenters. The third kappa shape index (κ3) is 4.77. The van der Waals surface area contributed by atoms with Crippen molar-refractivity contribution in [3.63, 3.8) is 0 Å². The number of aromatic nitrogens is 2. The number of rotatable bonds is 5. The molecule has 0 fully saturated rings. The summed E-state index contributed by atoms with van der Waals surface area (Å²) in [4.78, 5) is 29.5. The van der Waals surface area contributed by atoms with Crippen LogP contribution in [0.4, 0.5) is 13.2 Å². The Bertz CT molecular complexity index is 1470. The van der Waals surface area contributed by atoms with Crippen LogP contribution in [0.25, 0.3) is 11.6 Å². The van der Waals surface area contributed by atoms with Gasteiger partial charge in [0.2, 0.25) is 0 Å². The Morgan fingerprint density at radius 1 is 0.800 bits per heavy atom. The van der Waals surface area contributed by atoms with Crippen LogP contribution in [0.15, 0.2) is 66.7 Å². The molecule has 0 aliphatic rings. The minimum atomic E-state index is -1.54. The highest BCUT2D eigenvalue weighted by Gasteiger charge is 2.20. The predicted molar refractivity (Wildman–Crippen MR) is 122 cm³/mol. The first-order valence-electron chi connectivity index (χ1n) is 10.5. The second-order valence-corrected chi connectivity index (χ2v) is 7.83. The quantitative estimate of drug-likeness (QED) is 0.424. The Hall–Kier alpha value is -4.46.